The van der Waals surface area contributed by atoms with E-state index in [0.717, 1.165) is 59.0 Å². The fourth-order valence-corrected chi connectivity index (χ4v) is 6.17. The Labute approximate surface area is 203 Å². The number of nitrogens with zero attached hydrogens (tertiary/aromatic N) is 6. The number of benzene rings is 1. The van der Waals surface area contributed by atoms with Gasteiger partial charge in [-0.3, -0.25) is 0 Å². The molecule has 0 fully saturated rings. The Balaban J connectivity index is 1.52. The normalized spacial score (nSPS) is 15.7. The van der Waals surface area contributed by atoms with Crippen LogP contribution in [0.2, 0.25) is 0 Å². The summed E-state index contributed by atoms with van der Waals surface area (Å²) in [6.07, 6.45) is 4.16. The zero-order chi connectivity index (χ0) is 23.6. The maximum Gasteiger partial charge on any atom is 0.184 e. The third kappa shape index (κ3) is 3.52. The maximum absolute atomic E-state index is 6.07. The van der Waals surface area contributed by atoms with Crippen LogP contribution >= 0.6 is 11.3 Å². The van der Waals surface area contributed by atoms with E-state index < -0.39 is 0 Å². The molecule has 0 unspecified atom stereocenters. The van der Waals surface area contributed by atoms with Crippen molar-refractivity contribution in [2.75, 3.05) is 20.6 Å². The molecule has 0 bridgehead atoms. The standard InChI is InChI=1S/C26H30N6OS/c1-16-27-25-22(18-13-26(2,3)33-15-21(18)34-25)24-28-23(29-32(16)24)19-14-31(12-8-11-30(4)5)20-10-7-6-9-17(19)20/h6-7,9-10,14H,8,11-13,15H2,1-5H3. The van der Waals surface area contributed by atoms with Gasteiger partial charge in [-0.2, -0.15) is 4.52 Å². The number of aryl methyl sites for hydroxylation is 2. The van der Waals surface area contributed by atoms with Gasteiger partial charge in [-0.15, -0.1) is 16.4 Å². The molecule has 1 aliphatic rings. The van der Waals surface area contributed by atoms with E-state index in [1.165, 1.54) is 21.3 Å². The predicted molar refractivity (Wildman–Crippen MR) is 138 cm³/mol. The number of para-hydroxylation sites is 1. The highest BCUT2D eigenvalue weighted by Crippen LogP contribution is 2.40. The Bertz CT molecular complexity index is 1540. The average molecular weight is 475 g/mol. The van der Waals surface area contributed by atoms with Gasteiger partial charge < -0.3 is 14.2 Å². The summed E-state index contributed by atoms with van der Waals surface area (Å²) < 4.78 is 10.3. The topological polar surface area (TPSA) is 60.5 Å². The highest BCUT2D eigenvalue weighted by molar-refractivity contribution is 7.19. The number of hydrogen-bond acceptors (Lipinski definition) is 6. The number of fused-ring (bicyclic) bond motifs is 6. The summed E-state index contributed by atoms with van der Waals surface area (Å²) in [4.78, 5) is 14.5. The summed E-state index contributed by atoms with van der Waals surface area (Å²) in [6, 6.07) is 8.55. The molecule has 176 valence electrons. The van der Waals surface area contributed by atoms with E-state index in [9.17, 15) is 0 Å². The van der Waals surface area contributed by atoms with Crippen molar-refractivity contribution >= 4 is 38.1 Å². The Morgan fingerprint density at radius 1 is 1.18 bits per heavy atom. The predicted octanol–water partition coefficient (Wildman–Crippen LogP) is 5.07. The van der Waals surface area contributed by atoms with E-state index in [1.54, 1.807) is 11.3 Å². The van der Waals surface area contributed by atoms with Gasteiger partial charge in [0.25, 0.3) is 0 Å². The number of hydrogen-bond donors (Lipinski definition) is 0. The monoisotopic (exact) mass is 474 g/mol. The van der Waals surface area contributed by atoms with Gasteiger partial charge in [0, 0.05) is 40.5 Å². The summed E-state index contributed by atoms with van der Waals surface area (Å²) in [6.45, 7) is 8.96. The summed E-state index contributed by atoms with van der Waals surface area (Å²) in [5, 5.41) is 7.29. The highest BCUT2D eigenvalue weighted by atomic mass is 32.1. The molecule has 0 N–H and O–H groups in total. The fraction of sp³-hybridized carbons (Fsp3) is 0.423. The molecular formula is C26H30N6OS. The van der Waals surface area contributed by atoms with E-state index in [-0.39, 0.29) is 5.60 Å². The van der Waals surface area contributed by atoms with E-state index in [1.807, 2.05) is 11.4 Å². The van der Waals surface area contributed by atoms with Gasteiger partial charge >= 0.3 is 0 Å². The smallest absolute Gasteiger partial charge is 0.184 e. The summed E-state index contributed by atoms with van der Waals surface area (Å²) in [5.74, 6) is 1.61. The van der Waals surface area contributed by atoms with Crippen LogP contribution in [0.15, 0.2) is 30.5 Å². The molecule has 1 aliphatic heterocycles. The molecule has 8 heteroatoms. The van der Waals surface area contributed by atoms with Crippen LogP contribution in [-0.4, -0.2) is 55.3 Å². The van der Waals surface area contributed by atoms with Crippen LogP contribution in [0.25, 0.3) is 38.2 Å². The van der Waals surface area contributed by atoms with Crippen molar-refractivity contribution in [3.8, 4) is 11.4 Å². The third-order valence-corrected chi connectivity index (χ3v) is 7.80. The first kappa shape index (κ1) is 21.7. The fourth-order valence-electron chi connectivity index (χ4n) is 5.02. The van der Waals surface area contributed by atoms with Gasteiger partial charge in [0.2, 0.25) is 0 Å². The van der Waals surface area contributed by atoms with Crippen molar-refractivity contribution in [1.29, 1.82) is 0 Å². The molecule has 34 heavy (non-hydrogen) atoms. The van der Waals surface area contributed by atoms with Gasteiger partial charge in [-0.05, 0) is 59.5 Å². The van der Waals surface area contributed by atoms with E-state index in [4.69, 9.17) is 19.8 Å². The Morgan fingerprint density at radius 3 is 2.82 bits per heavy atom. The molecule has 0 spiro atoms. The van der Waals surface area contributed by atoms with Gasteiger partial charge in [-0.1, -0.05) is 18.2 Å². The second-order valence-electron chi connectivity index (χ2n) is 10.1. The summed E-state index contributed by atoms with van der Waals surface area (Å²) >= 11 is 1.73. The zero-order valence-electron chi connectivity index (χ0n) is 20.4. The third-order valence-electron chi connectivity index (χ3n) is 6.70. The van der Waals surface area contributed by atoms with Crippen LogP contribution in [-0.2, 0) is 24.3 Å². The quantitative estimate of drug-likeness (QED) is 0.356. The van der Waals surface area contributed by atoms with Gasteiger partial charge in [-0.25, -0.2) is 9.97 Å². The molecule has 0 saturated carbocycles. The molecular weight excluding hydrogens is 444 g/mol. The molecule has 7 nitrogen and oxygen atoms in total. The van der Waals surface area contributed by atoms with E-state index in [2.05, 4.69) is 67.9 Å². The molecule has 5 aromatic rings. The number of ether oxygens (including phenoxy) is 1. The van der Waals surface area contributed by atoms with Gasteiger partial charge in [0.15, 0.2) is 11.5 Å². The molecule has 5 heterocycles. The van der Waals surface area contributed by atoms with Crippen molar-refractivity contribution in [2.24, 2.45) is 0 Å². The molecule has 0 aliphatic carbocycles. The lowest BCUT2D eigenvalue weighted by Gasteiger charge is -2.30. The first-order chi connectivity index (χ1) is 16.3. The molecule has 6 rings (SSSR count). The van der Waals surface area contributed by atoms with E-state index in [0.29, 0.717) is 6.61 Å². The molecule has 4 aromatic heterocycles. The van der Waals surface area contributed by atoms with Crippen molar-refractivity contribution in [2.45, 2.75) is 52.4 Å². The van der Waals surface area contributed by atoms with Crippen LogP contribution in [0.4, 0.5) is 0 Å². The molecule has 1 aromatic carbocycles. The molecule has 0 amide bonds. The Hall–Kier alpha value is -2.81. The minimum atomic E-state index is -0.189. The SMILES string of the molecule is Cc1nc2sc3c(c2c2nc(-c4cn(CCCN(C)C)c5ccccc45)nn12)CC(C)(C)OC3. The van der Waals surface area contributed by atoms with Crippen LogP contribution in [0.5, 0.6) is 0 Å². The molecule has 0 atom stereocenters. The zero-order valence-corrected chi connectivity index (χ0v) is 21.2. The lowest BCUT2D eigenvalue weighted by atomic mass is 9.94. The lowest BCUT2D eigenvalue weighted by Crippen LogP contribution is -2.31. The highest BCUT2D eigenvalue weighted by Gasteiger charge is 2.31. The first-order valence-electron chi connectivity index (χ1n) is 11.9. The number of aromatic nitrogens is 5. The van der Waals surface area contributed by atoms with Crippen LogP contribution in [0.3, 0.4) is 0 Å². The largest absolute Gasteiger partial charge is 0.370 e. The van der Waals surface area contributed by atoms with Crippen molar-refractivity contribution < 1.29 is 4.74 Å². The Kier molecular flexibility index (Phi) is 5.02. The Morgan fingerprint density at radius 2 is 2.00 bits per heavy atom. The first-order valence-corrected chi connectivity index (χ1v) is 12.7. The van der Waals surface area contributed by atoms with Crippen LogP contribution in [0, 0.1) is 6.92 Å². The van der Waals surface area contributed by atoms with E-state index >= 15 is 0 Å². The van der Waals surface area contributed by atoms with Crippen LogP contribution in [0.1, 0.15) is 36.5 Å². The lowest BCUT2D eigenvalue weighted by molar-refractivity contribution is -0.0379. The minimum absolute atomic E-state index is 0.189. The maximum atomic E-state index is 6.07. The minimum Gasteiger partial charge on any atom is -0.370 e. The second-order valence-corrected chi connectivity index (χ2v) is 11.2. The number of rotatable bonds is 5. The van der Waals surface area contributed by atoms with Crippen molar-refractivity contribution in [3.05, 3.63) is 46.7 Å². The average Bonchev–Trinajstić information content (AvgIpc) is 3.46. The van der Waals surface area contributed by atoms with Gasteiger partial charge in [0.05, 0.1) is 17.6 Å². The summed E-state index contributed by atoms with van der Waals surface area (Å²) in [5.41, 5.74) is 4.33. The van der Waals surface area contributed by atoms with Gasteiger partial charge in [0.1, 0.15) is 10.7 Å². The van der Waals surface area contributed by atoms with Crippen molar-refractivity contribution in [3.63, 3.8) is 0 Å². The summed E-state index contributed by atoms with van der Waals surface area (Å²) in [7, 11) is 4.24. The number of thiophene rings is 1. The van der Waals surface area contributed by atoms with Crippen molar-refractivity contribution in [1.82, 2.24) is 29.0 Å². The molecule has 0 saturated heterocycles. The molecule has 0 radical (unpaired) electrons. The van der Waals surface area contributed by atoms with Crippen LogP contribution < -0.4 is 0 Å². The second kappa shape index (κ2) is 7.86.